The smallest absolute Gasteiger partial charge is 0.220 e. The number of amides is 1. The van der Waals surface area contributed by atoms with Crippen LogP contribution in [-0.4, -0.2) is 16.1 Å². The molecule has 0 spiro atoms. The first kappa shape index (κ1) is 19.7. The van der Waals surface area contributed by atoms with Crippen LogP contribution in [0.25, 0.3) is 0 Å². The van der Waals surface area contributed by atoms with Gasteiger partial charge in [-0.2, -0.15) is 0 Å². The van der Waals surface area contributed by atoms with Crippen LogP contribution in [0.3, 0.4) is 0 Å². The lowest BCUT2D eigenvalue weighted by atomic mass is 10.0. The van der Waals surface area contributed by atoms with Gasteiger partial charge in [0.15, 0.2) is 0 Å². The lowest BCUT2D eigenvalue weighted by molar-refractivity contribution is -0.121. The molecule has 0 saturated heterocycles. The number of benzene rings is 2. The van der Waals surface area contributed by atoms with E-state index >= 15 is 0 Å². The zero-order valence-corrected chi connectivity index (χ0v) is 15.9. The fourth-order valence-electron chi connectivity index (χ4n) is 2.99. The van der Waals surface area contributed by atoms with Crippen molar-refractivity contribution in [3.8, 4) is 0 Å². The highest BCUT2D eigenvalue weighted by molar-refractivity contribution is 5.76. The number of nitrogens with one attached hydrogen (secondary N) is 1. The molecule has 0 bridgehead atoms. The van der Waals surface area contributed by atoms with Crippen LogP contribution in [0.15, 0.2) is 59.0 Å². The molecular weight excluding hydrogens is 357 g/mol. The number of nitrogens with zero attached hydrogens (tertiary/aromatic N) is 2. The molecule has 0 saturated carbocycles. The molecule has 1 amide bonds. The molecule has 3 rings (SSSR count). The van der Waals surface area contributed by atoms with Crippen LogP contribution in [0.5, 0.6) is 0 Å². The molecule has 1 atom stereocenters. The van der Waals surface area contributed by atoms with E-state index in [-0.39, 0.29) is 24.2 Å². The van der Waals surface area contributed by atoms with Gasteiger partial charge in [-0.15, -0.1) is 10.2 Å². The summed E-state index contributed by atoms with van der Waals surface area (Å²) < 4.78 is 18.7. The number of aryl methyl sites for hydroxylation is 3. The van der Waals surface area contributed by atoms with E-state index < -0.39 is 0 Å². The first-order valence-electron chi connectivity index (χ1n) is 9.54. The molecule has 0 fully saturated rings. The molecule has 1 N–H and O–H groups in total. The zero-order valence-electron chi connectivity index (χ0n) is 15.9. The van der Waals surface area contributed by atoms with Crippen LogP contribution in [0.2, 0.25) is 0 Å². The summed E-state index contributed by atoms with van der Waals surface area (Å²) in [6, 6.07) is 16.2. The predicted octanol–water partition coefficient (Wildman–Crippen LogP) is 4.19. The number of hydrogen-bond acceptors (Lipinski definition) is 4. The second kappa shape index (κ2) is 9.78. The second-order valence-electron chi connectivity index (χ2n) is 6.66. The monoisotopic (exact) mass is 381 g/mol. The molecule has 2 aromatic carbocycles. The minimum atomic E-state index is -0.288. The van der Waals surface area contributed by atoms with E-state index in [9.17, 15) is 9.18 Å². The highest BCUT2D eigenvalue weighted by atomic mass is 19.1. The Hall–Kier alpha value is -3.02. The number of rotatable bonds is 9. The SMILES string of the molecule is CC[C@@H](NC(=O)CCc1nnc(CCc2ccccc2)o1)c1ccc(F)cc1. The maximum absolute atomic E-state index is 13.1. The lowest BCUT2D eigenvalue weighted by Gasteiger charge is -2.17. The van der Waals surface area contributed by atoms with Gasteiger partial charge >= 0.3 is 0 Å². The summed E-state index contributed by atoms with van der Waals surface area (Å²) in [5.74, 6) is 0.662. The normalized spacial score (nSPS) is 11.9. The molecule has 0 aliphatic rings. The zero-order chi connectivity index (χ0) is 19.8. The van der Waals surface area contributed by atoms with Crippen molar-refractivity contribution in [1.29, 1.82) is 0 Å². The van der Waals surface area contributed by atoms with E-state index in [1.165, 1.54) is 17.7 Å². The van der Waals surface area contributed by atoms with Crippen LogP contribution in [0.4, 0.5) is 4.39 Å². The van der Waals surface area contributed by atoms with Gasteiger partial charge in [0.2, 0.25) is 17.7 Å². The number of halogens is 1. The molecule has 1 heterocycles. The summed E-state index contributed by atoms with van der Waals surface area (Å²) in [6.07, 6.45) is 2.88. The van der Waals surface area contributed by atoms with Gasteiger partial charge in [0, 0.05) is 19.3 Å². The van der Waals surface area contributed by atoms with Crippen molar-refractivity contribution in [2.45, 2.75) is 45.1 Å². The Labute approximate surface area is 164 Å². The summed E-state index contributed by atoms with van der Waals surface area (Å²) >= 11 is 0. The van der Waals surface area contributed by atoms with Crippen molar-refractivity contribution >= 4 is 5.91 Å². The number of carbonyl (C=O) groups excluding carboxylic acids is 1. The van der Waals surface area contributed by atoms with Gasteiger partial charge < -0.3 is 9.73 Å². The van der Waals surface area contributed by atoms with Crippen molar-refractivity contribution in [1.82, 2.24) is 15.5 Å². The molecule has 5 nitrogen and oxygen atoms in total. The van der Waals surface area contributed by atoms with Crippen LogP contribution in [0.1, 0.15) is 48.7 Å². The van der Waals surface area contributed by atoms with Crippen LogP contribution >= 0.6 is 0 Å². The fraction of sp³-hybridized carbons (Fsp3) is 0.318. The molecular formula is C22H24FN3O2. The average Bonchev–Trinajstić information content (AvgIpc) is 3.18. The van der Waals surface area contributed by atoms with Gasteiger partial charge in [0.1, 0.15) is 5.82 Å². The lowest BCUT2D eigenvalue weighted by Crippen LogP contribution is -2.28. The predicted molar refractivity (Wildman–Crippen MR) is 104 cm³/mol. The number of carbonyl (C=O) groups is 1. The number of aromatic nitrogens is 2. The van der Waals surface area contributed by atoms with E-state index in [1.54, 1.807) is 12.1 Å². The summed E-state index contributed by atoms with van der Waals surface area (Å²) in [5.41, 5.74) is 2.10. The van der Waals surface area contributed by atoms with E-state index in [0.29, 0.717) is 24.6 Å². The Kier molecular flexibility index (Phi) is 6.89. The van der Waals surface area contributed by atoms with Crippen molar-refractivity contribution < 1.29 is 13.6 Å². The second-order valence-corrected chi connectivity index (χ2v) is 6.66. The Bertz CT molecular complexity index is 878. The molecule has 28 heavy (non-hydrogen) atoms. The highest BCUT2D eigenvalue weighted by Gasteiger charge is 2.14. The quantitative estimate of drug-likeness (QED) is 0.603. The summed E-state index contributed by atoms with van der Waals surface area (Å²) in [6.45, 7) is 1.98. The van der Waals surface area contributed by atoms with E-state index in [0.717, 1.165) is 18.4 Å². The summed E-state index contributed by atoms with van der Waals surface area (Å²) in [4.78, 5) is 12.3. The fourth-order valence-corrected chi connectivity index (χ4v) is 2.99. The van der Waals surface area contributed by atoms with Gasteiger partial charge in [-0.05, 0) is 36.1 Å². The first-order valence-corrected chi connectivity index (χ1v) is 9.54. The molecule has 0 radical (unpaired) electrons. The maximum atomic E-state index is 13.1. The molecule has 0 unspecified atom stereocenters. The Balaban J connectivity index is 1.46. The van der Waals surface area contributed by atoms with Crippen molar-refractivity contribution in [3.63, 3.8) is 0 Å². The van der Waals surface area contributed by atoms with Gasteiger partial charge in [-0.3, -0.25) is 4.79 Å². The van der Waals surface area contributed by atoms with Crippen LogP contribution in [-0.2, 0) is 24.1 Å². The van der Waals surface area contributed by atoms with Gasteiger partial charge in [-0.1, -0.05) is 49.4 Å². The van der Waals surface area contributed by atoms with Crippen molar-refractivity contribution in [3.05, 3.63) is 83.3 Å². The molecule has 0 aliphatic carbocycles. The van der Waals surface area contributed by atoms with Gasteiger partial charge in [-0.25, -0.2) is 4.39 Å². The van der Waals surface area contributed by atoms with E-state index in [4.69, 9.17) is 4.42 Å². The molecule has 3 aromatic rings. The Morgan fingerprint density at radius 2 is 1.68 bits per heavy atom. The third kappa shape index (κ3) is 5.74. The largest absolute Gasteiger partial charge is 0.425 e. The topological polar surface area (TPSA) is 68.0 Å². The van der Waals surface area contributed by atoms with Gasteiger partial charge in [0.25, 0.3) is 0 Å². The van der Waals surface area contributed by atoms with Gasteiger partial charge in [0.05, 0.1) is 6.04 Å². The van der Waals surface area contributed by atoms with E-state index in [1.807, 2.05) is 25.1 Å². The van der Waals surface area contributed by atoms with Crippen LogP contribution < -0.4 is 5.32 Å². The standard InChI is InChI=1S/C22H24FN3O2/c1-2-19(17-9-11-18(23)12-10-17)24-20(27)13-15-22-26-25-21(28-22)14-8-16-6-4-3-5-7-16/h3-7,9-12,19H,2,8,13-15H2,1H3,(H,24,27)/t19-/m1/s1. The molecule has 146 valence electrons. The minimum Gasteiger partial charge on any atom is -0.425 e. The van der Waals surface area contributed by atoms with Crippen LogP contribution in [0, 0.1) is 5.82 Å². The maximum Gasteiger partial charge on any atom is 0.220 e. The third-order valence-electron chi connectivity index (χ3n) is 4.56. The highest BCUT2D eigenvalue weighted by Crippen LogP contribution is 2.17. The number of hydrogen-bond donors (Lipinski definition) is 1. The average molecular weight is 381 g/mol. The molecule has 0 aliphatic heterocycles. The molecule has 1 aromatic heterocycles. The molecule has 6 heteroatoms. The van der Waals surface area contributed by atoms with Crippen molar-refractivity contribution in [2.24, 2.45) is 0 Å². The van der Waals surface area contributed by atoms with Crippen molar-refractivity contribution in [2.75, 3.05) is 0 Å². The van der Waals surface area contributed by atoms with E-state index in [2.05, 4.69) is 27.6 Å². The summed E-state index contributed by atoms with van der Waals surface area (Å²) in [7, 11) is 0. The first-order chi connectivity index (χ1) is 13.6. The Morgan fingerprint density at radius 3 is 2.36 bits per heavy atom. The minimum absolute atomic E-state index is 0.0970. The summed E-state index contributed by atoms with van der Waals surface area (Å²) in [5, 5.41) is 11.1. The third-order valence-corrected chi connectivity index (χ3v) is 4.56. The Morgan fingerprint density at radius 1 is 1.00 bits per heavy atom.